The van der Waals surface area contributed by atoms with E-state index < -0.39 is 9.84 Å². The summed E-state index contributed by atoms with van der Waals surface area (Å²) < 4.78 is 24.5. The minimum Gasteiger partial charge on any atom is -0.337 e. The summed E-state index contributed by atoms with van der Waals surface area (Å²) >= 11 is 5.99. The number of sulfone groups is 1. The molecular weight excluding hydrogens is 362 g/mol. The third-order valence-electron chi connectivity index (χ3n) is 4.35. The maximum atomic E-state index is 12.6. The third kappa shape index (κ3) is 4.61. The maximum Gasteiger partial charge on any atom is 0.274 e. The van der Waals surface area contributed by atoms with Gasteiger partial charge in [-0.15, -0.1) is 0 Å². The molecule has 1 fully saturated rings. The van der Waals surface area contributed by atoms with Gasteiger partial charge in [0.05, 0.1) is 5.75 Å². The Morgan fingerprint density at radius 2 is 2.04 bits per heavy atom. The topological polar surface area (TPSA) is 72.3 Å². The molecule has 0 bridgehead atoms. The Kier molecular flexibility index (Phi) is 5.15. The summed E-state index contributed by atoms with van der Waals surface area (Å²) in [5.74, 6) is 0.194. The van der Waals surface area contributed by atoms with Gasteiger partial charge in [-0.25, -0.2) is 13.4 Å². The molecule has 2 aromatic rings. The minimum absolute atomic E-state index is 0.126. The number of hydrogen-bond donors (Lipinski definition) is 0. The van der Waals surface area contributed by atoms with Gasteiger partial charge >= 0.3 is 0 Å². The Morgan fingerprint density at radius 1 is 1.32 bits per heavy atom. The Balaban J connectivity index is 1.65. The zero-order chi connectivity index (χ0) is 18.0. The van der Waals surface area contributed by atoms with Crippen LogP contribution >= 0.6 is 11.6 Å². The highest BCUT2D eigenvalue weighted by Crippen LogP contribution is 2.21. The number of rotatable bonds is 4. The van der Waals surface area contributed by atoms with Crippen LogP contribution in [0.25, 0.3) is 5.69 Å². The van der Waals surface area contributed by atoms with E-state index in [1.54, 1.807) is 34.1 Å². The van der Waals surface area contributed by atoms with Crippen molar-refractivity contribution in [3.8, 4) is 5.69 Å². The molecule has 1 aromatic heterocycles. The smallest absolute Gasteiger partial charge is 0.274 e. The molecule has 0 spiro atoms. The van der Waals surface area contributed by atoms with Gasteiger partial charge in [-0.05, 0) is 37.0 Å². The van der Waals surface area contributed by atoms with E-state index in [0.29, 0.717) is 36.6 Å². The number of hydrogen-bond acceptors (Lipinski definition) is 4. The van der Waals surface area contributed by atoms with E-state index in [1.807, 2.05) is 12.1 Å². The molecule has 0 atom stereocenters. The molecule has 8 heteroatoms. The highest BCUT2D eigenvalue weighted by molar-refractivity contribution is 7.90. The Morgan fingerprint density at radius 3 is 2.68 bits per heavy atom. The number of amides is 1. The molecule has 0 N–H and O–H groups in total. The van der Waals surface area contributed by atoms with Gasteiger partial charge in [-0.1, -0.05) is 17.7 Å². The Labute approximate surface area is 152 Å². The predicted octanol–water partition coefficient (Wildman–Crippen LogP) is 2.42. The summed E-state index contributed by atoms with van der Waals surface area (Å²) in [5, 5.41) is 0.618. The fraction of sp³-hybridized carbons (Fsp3) is 0.412. The Hall–Kier alpha value is -1.86. The van der Waals surface area contributed by atoms with E-state index in [9.17, 15) is 13.2 Å². The lowest BCUT2D eigenvalue weighted by atomic mass is 9.99. The molecule has 1 aromatic carbocycles. The fourth-order valence-corrected chi connectivity index (χ4v) is 4.48. The lowest BCUT2D eigenvalue weighted by Crippen LogP contribution is -2.40. The van der Waals surface area contributed by atoms with Crippen molar-refractivity contribution < 1.29 is 13.2 Å². The average molecular weight is 382 g/mol. The van der Waals surface area contributed by atoms with Crippen LogP contribution in [0.4, 0.5) is 0 Å². The first-order chi connectivity index (χ1) is 11.8. The molecule has 1 amide bonds. The number of halogens is 1. The Bertz CT molecular complexity index is 871. The molecule has 25 heavy (non-hydrogen) atoms. The van der Waals surface area contributed by atoms with Crippen LogP contribution in [0.3, 0.4) is 0 Å². The fourth-order valence-electron chi connectivity index (χ4n) is 3.10. The van der Waals surface area contributed by atoms with Crippen molar-refractivity contribution in [1.82, 2.24) is 14.5 Å². The van der Waals surface area contributed by atoms with E-state index in [4.69, 9.17) is 11.6 Å². The third-order valence-corrected chi connectivity index (χ3v) is 5.66. The summed E-state index contributed by atoms with van der Waals surface area (Å²) in [5.41, 5.74) is 1.22. The predicted molar refractivity (Wildman–Crippen MR) is 96.9 cm³/mol. The van der Waals surface area contributed by atoms with Crippen LogP contribution in [0.15, 0.2) is 36.8 Å². The lowest BCUT2D eigenvalue weighted by Gasteiger charge is -2.31. The number of carbonyl (C=O) groups is 1. The molecule has 2 heterocycles. The standard InChI is InChI=1S/C17H20ClN3O3S/c1-25(23,24)11-13-5-7-20(8-6-13)17(22)16-10-21(12-19-16)15-4-2-3-14(18)9-15/h2-4,9-10,12-13H,5-8,11H2,1H3. The maximum absolute atomic E-state index is 12.6. The van der Waals surface area contributed by atoms with Gasteiger partial charge in [0.1, 0.15) is 21.9 Å². The summed E-state index contributed by atoms with van der Waals surface area (Å²) in [6.07, 6.45) is 5.94. The zero-order valence-electron chi connectivity index (χ0n) is 13.9. The van der Waals surface area contributed by atoms with Gasteiger partial charge in [-0.2, -0.15) is 0 Å². The van der Waals surface area contributed by atoms with Crippen molar-refractivity contribution in [3.05, 3.63) is 47.5 Å². The molecule has 3 rings (SSSR count). The van der Waals surface area contributed by atoms with Gasteiger partial charge in [-0.3, -0.25) is 4.79 Å². The monoisotopic (exact) mass is 381 g/mol. The summed E-state index contributed by atoms with van der Waals surface area (Å²) in [7, 11) is -2.97. The number of imidazole rings is 1. The largest absolute Gasteiger partial charge is 0.337 e. The second-order valence-electron chi connectivity index (χ2n) is 6.47. The number of carbonyl (C=O) groups excluding carboxylic acids is 1. The summed E-state index contributed by atoms with van der Waals surface area (Å²) in [6, 6.07) is 7.31. The minimum atomic E-state index is -2.97. The van der Waals surface area contributed by atoms with Crippen molar-refractivity contribution in [3.63, 3.8) is 0 Å². The molecule has 1 saturated heterocycles. The van der Waals surface area contributed by atoms with E-state index in [-0.39, 0.29) is 17.6 Å². The highest BCUT2D eigenvalue weighted by atomic mass is 35.5. The first-order valence-corrected chi connectivity index (χ1v) is 10.5. The van der Waals surface area contributed by atoms with E-state index in [1.165, 1.54) is 6.26 Å². The molecule has 0 saturated carbocycles. The van der Waals surface area contributed by atoms with Gasteiger partial charge < -0.3 is 9.47 Å². The van der Waals surface area contributed by atoms with Gasteiger partial charge in [0.15, 0.2) is 0 Å². The summed E-state index contributed by atoms with van der Waals surface area (Å²) in [4.78, 5) is 18.6. The number of benzene rings is 1. The second-order valence-corrected chi connectivity index (χ2v) is 9.10. The molecule has 0 unspecified atom stereocenters. The van der Waals surface area contributed by atoms with Crippen LogP contribution in [0.2, 0.25) is 5.02 Å². The van der Waals surface area contributed by atoms with Crippen LogP contribution in [0, 0.1) is 5.92 Å². The van der Waals surface area contributed by atoms with Gasteiger partial charge in [0.25, 0.3) is 5.91 Å². The molecule has 0 radical (unpaired) electrons. The molecular formula is C17H20ClN3O3S. The molecule has 1 aliphatic heterocycles. The normalized spacial score (nSPS) is 16.2. The number of piperidine rings is 1. The van der Waals surface area contributed by atoms with Crippen LogP contribution < -0.4 is 0 Å². The van der Waals surface area contributed by atoms with Crippen molar-refractivity contribution in [2.45, 2.75) is 12.8 Å². The quantitative estimate of drug-likeness (QED) is 0.815. The summed E-state index contributed by atoms with van der Waals surface area (Å²) in [6.45, 7) is 1.12. The van der Waals surface area contributed by atoms with E-state index >= 15 is 0 Å². The lowest BCUT2D eigenvalue weighted by molar-refractivity contribution is 0.0693. The first kappa shape index (κ1) is 17.9. The van der Waals surface area contributed by atoms with Gasteiger partial charge in [0.2, 0.25) is 0 Å². The number of aromatic nitrogens is 2. The molecule has 6 nitrogen and oxygen atoms in total. The molecule has 1 aliphatic rings. The van der Waals surface area contributed by atoms with Gasteiger partial charge in [0, 0.05) is 36.3 Å². The van der Waals surface area contributed by atoms with E-state index in [0.717, 1.165) is 5.69 Å². The molecule has 0 aliphatic carbocycles. The number of likely N-dealkylation sites (tertiary alicyclic amines) is 1. The average Bonchev–Trinajstić information content (AvgIpc) is 3.03. The second kappa shape index (κ2) is 7.17. The van der Waals surface area contributed by atoms with Crippen LogP contribution in [0.1, 0.15) is 23.3 Å². The number of nitrogens with zero attached hydrogens (tertiary/aromatic N) is 3. The van der Waals surface area contributed by atoms with E-state index in [2.05, 4.69) is 4.98 Å². The van der Waals surface area contributed by atoms with Crippen molar-refractivity contribution >= 4 is 27.3 Å². The van der Waals surface area contributed by atoms with Crippen LogP contribution in [-0.4, -0.2) is 53.9 Å². The molecule has 134 valence electrons. The van der Waals surface area contributed by atoms with Crippen molar-refractivity contribution in [2.24, 2.45) is 5.92 Å². The SMILES string of the molecule is CS(=O)(=O)CC1CCN(C(=O)c2cn(-c3cccc(Cl)c3)cn2)CC1. The highest BCUT2D eigenvalue weighted by Gasteiger charge is 2.26. The van der Waals surface area contributed by atoms with Crippen LogP contribution in [0.5, 0.6) is 0 Å². The van der Waals surface area contributed by atoms with Crippen molar-refractivity contribution in [1.29, 1.82) is 0 Å². The van der Waals surface area contributed by atoms with Crippen molar-refractivity contribution in [2.75, 3.05) is 25.1 Å². The first-order valence-electron chi connectivity index (χ1n) is 8.09. The zero-order valence-corrected chi connectivity index (χ0v) is 15.5. The van der Waals surface area contributed by atoms with Crippen LogP contribution in [-0.2, 0) is 9.84 Å².